The van der Waals surface area contributed by atoms with Crippen LogP contribution >= 0.6 is 0 Å². The Hall–Kier alpha value is -2.82. The molecular formula is C22H29N3O2. The molecule has 5 heteroatoms. The second-order valence-corrected chi connectivity index (χ2v) is 7.25. The molecule has 0 aromatic heterocycles. The Morgan fingerprint density at radius 3 is 2.33 bits per heavy atom. The van der Waals surface area contributed by atoms with Crippen LogP contribution in [0.1, 0.15) is 41.8 Å². The summed E-state index contributed by atoms with van der Waals surface area (Å²) in [6, 6.07) is 14.4. The summed E-state index contributed by atoms with van der Waals surface area (Å²) in [4.78, 5) is 25.2. The van der Waals surface area contributed by atoms with Crippen molar-refractivity contribution in [1.82, 2.24) is 10.6 Å². The van der Waals surface area contributed by atoms with Crippen LogP contribution in [0.25, 0.3) is 0 Å². The number of carbonyl (C=O) groups excluding carboxylic acids is 2. The number of nitrogens with two attached hydrogens (primary N) is 1. The quantitative estimate of drug-likeness (QED) is 0.627. The minimum Gasteiger partial charge on any atom is -0.399 e. The van der Waals surface area contributed by atoms with Crippen molar-refractivity contribution in [3.05, 3.63) is 65.2 Å². The molecule has 0 saturated carbocycles. The first-order chi connectivity index (χ1) is 12.9. The highest BCUT2D eigenvalue weighted by atomic mass is 16.2. The van der Waals surface area contributed by atoms with Gasteiger partial charge >= 0.3 is 0 Å². The Kier molecular flexibility index (Phi) is 7.41. The number of rotatable bonds is 8. The van der Waals surface area contributed by atoms with Crippen LogP contribution in [0, 0.1) is 12.8 Å². The number of aryl methyl sites for hydroxylation is 1. The van der Waals surface area contributed by atoms with E-state index in [1.165, 1.54) is 0 Å². The van der Waals surface area contributed by atoms with Crippen molar-refractivity contribution < 1.29 is 9.59 Å². The van der Waals surface area contributed by atoms with Crippen LogP contribution in [0.2, 0.25) is 0 Å². The summed E-state index contributed by atoms with van der Waals surface area (Å²) in [7, 11) is 0. The molecule has 5 nitrogen and oxygen atoms in total. The minimum absolute atomic E-state index is 0.152. The molecule has 0 aliphatic carbocycles. The topological polar surface area (TPSA) is 84.2 Å². The van der Waals surface area contributed by atoms with Gasteiger partial charge in [-0.05, 0) is 55.0 Å². The van der Waals surface area contributed by atoms with Crippen LogP contribution < -0.4 is 16.4 Å². The number of carbonyl (C=O) groups is 2. The lowest BCUT2D eigenvalue weighted by molar-refractivity contribution is -0.123. The maximum absolute atomic E-state index is 12.6. The fourth-order valence-corrected chi connectivity index (χ4v) is 2.90. The molecule has 0 aliphatic heterocycles. The number of nitrogens with one attached hydrogen (secondary N) is 2. The number of hydrogen-bond donors (Lipinski definition) is 3. The van der Waals surface area contributed by atoms with Gasteiger partial charge in [0.15, 0.2) is 0 Å². The van der Waals surface area contributed by atoms with E-state index >= 15 is 0 Å². The van der Waals surface area contributed by atoms with E-state index in [9.17, 15) is 9.59 Å². The Bertz CT molecular complexity index is 769. The molecule has 2 amide bonds. The third-order valence-electron chi connectivity index (χ3n) is 4.41. The van der Waals surface area contributed by atoms with Gasteiger partial charge in [-0.2, -0.15) is 0 Å². The van der Waals surface area contributed by atoms with E-state index in [0.29, 0.717) is 24.9 Å². The predicted molar refractivity (Wildman–Crippen MR) is 109 cm³/mol. The van der Waals surface area contributed by atoms with Gasteiger partial charge in [0.05, 0.1) is 0 Å². The van der Waals surface area contributed by atoms with Crippen LogP contribution in [-0.4, -0.2) is 24.4 Å². The fraction of sp³-hybridized carbons (Fsp3) is 0.364. The summed E-state index contributed by atoms with van der Waals surface area (Å²) in [6.07, 6.45) is 1.30. The summed E-state index contributed by atoms with van der Waals surface area (Å²) in [5, 5.41) is 5.83. The maximum atomic E-state index is 12.6. The van der Waals surface area contributed by atoms with E-state index in [-0.39, 0.29) is 17.7 Å². The van der Waals surface area contributed by atoms with E-state index in [1.54, 1.807) is 6.07 Å². The maximum Gasteiger partial charge on any atom is 0.252 e. The summed E-state index contributed by atoms with van der Waals surface area (Å²) < 4.78 is 0. The van der Waals surface area contributed by atoms with Crippen LogP contribution in [0.4, 0.5) is 5.69 Å². The highest BCUT2D eigenvalue weighted by Crippen LogP contribution is 2.10. The van der Waals surface area contributed by atoms with Crippen LogP contribution in [0.15, 0.2) is 48.5 Å². The van der Waals surface area contributed by atoms with Gasteiger partial charge in [-0.3, -0.25) is 9.59 Å². The van der Waals surface area contributed by atoms with Crippen molar-refractivity contribution in [3.63, 3.8) is 0 Å². The van der Waals surface area contributed by atoms with Crippen molar-refractivity contribution in [3.8, 4) is 0 Å². The molecular weight excluding hydrogens is 338 g/mol. The lowest BCUT2D eigenvalue weighted by Gasteiger charge is -2.20. The van der Waals surface area contributed by atoms with E-state index in [4.69, 9.17) is 5.73 Å². The first kappa shape index (κ1) is 20.5. The minimum atomic E-state index is -0.552. The van der Waals surface area contributed by atoms with E-state index < -0.39 is 6.04 Å². The standard InChI is InChI=1S/C22H29N3O2/c1-15(2)14-20(25-21(26)19-7-5-4-6-16(19)3)22(27)24-13-12-17-8-10-18(23)11-9-17/h4-11,15,20H,12-14,23H2,1-3H3,(H,24,27)(H,25,26). The average Bonchev–Trinajstić information content (AvgIpc) is 2.62. The lowest BCUT2D eigenvalue weighted by Crippen LogP contribution is -2.48. The average molecular weight is 367 g/mol. The number of benzene rings is 2. The van der Waals surface area contributed by atoms with Crippen LogP contribution in [-0.2, 0) is 11.2 Å². The van der Waals surface area contributed by atoms with Crippen molar-refractivity contribution in [2.75, 3.05) is 12.3 Å². The van der Waals surface area contributed by atoms with Gasteiger partial charge in [-0.25, -0.2) is 0 Å². The van der Waals surface area contributed by atoms with Gasteiger partial charge in [0, 0.05) is 17.8 Å². The summed E-state index contributed by atoms with van der Waals surface area (Å²) >= 11 is 0. The molecule has 144 valence electrons. The van der Waals surface area contributed by atoms with Gasteiger partial charge in [-0.1, -0.05) is 44.2 Å². The molecule has 0 radical (unpaired) electrons. The molecule has 0 spiro atoms. The van der Waals surface area contributed by atoms with E-state index in [2.05, 4.69) is 10.6 Å². The van der Waals surface area contributed by atoms with Gasteiger partial charge in [0.25, 0.3) is 5.91 Å². The Labute approximate surface area is 161 Å². The normalized spacial score (nSPS) is 11.9. The van der Waals surface area contributed by atoms with Crippen molar-refractivity contribution >= 4 is 17.5 Å². The van der Waals surface area contributed by atoms with E-state index in [1.807, 2.05) is 63.2 Å². The summed E-state index contributed by atoms with van der Waals surface area (Å²) in [6.45, 7) is 6.47. The number of amides is 2. The second kappa shape index (κ2) is 9.76. The first-order valence-electron chi connectivity index (χ1n) is 9.35. The molecule has 1 unspecified atom stereocenters. The van der Waals surface area contributed by atoms with Crippen molar-refractivity contribution in [2.24, 2.45) is 5.92 Å². The van der Waals surface area contributed by atoms with Crippen molar-refractivity contribution in [2.45, 2.75) is 39.7 Å². The molecule has 2 aromatic rings. The first-order valence-corrected chi connectivity index (χ1v) is 9.35. The van der Waals surface area contributed by atoms with E-state index in [0.717, 1.165) is 16.8 Å². The molecule has 0 bridgehead atoms. The number of hydrogen-bond acceptors (Lipinski definition) is 3. The molecule has 1 atom stereocenters. The number of anilines is 1. The van der Waals surface area contributed by atoms with Gasteiger partial charge in [-0.15, -0.1) is 0 Å². The van der Waals surface area contributed by atoms with Crippen molar-refractivity contribution in [1.29, 1.82) is 0 Å². The fourth-order valence-electron chi connectivity index (χ4n) is 2.90. The third kappa shape index (κ3) is 6.44. The lowest BCUT2D eigenvalue weighted by atomic mass is 10.0. The zero-order valence-electron chi connectivity index (χ0n) is 16.3. The summed E-state index contributed by atoms with van der Waals surface area (Å²) in [5.74, 6) is -0.0801. The van der Waals surface area contributed by atoms with Gasteiger partial charge in [0.1, 0.15) is 6.04 Å². The SMILES string of the molecule is Cc1ccccc1C(=O)NC(CC(C)C)C(=O)NCCc1ccc(N)cc1. The van der Waals surface area contributed by atoms with Crippen LogP contribution in [0.3, 0.4) is 0 Å². The summed E-state index contributed by atoms with van der Waals surface area (Å²) in [5.41, 5.74) is 9.00. The number of nitrogen functional groups attached to an aromatic ring is 1. The predicted octanol–water partition coefficient (Wildman–Crippen LogP) is 3.08. The smallest absolute Gasteiger partial charge is 0.252 e. The zero-order chi connectivity index (χ0) is 19.8. The van der Waals surface area contributed by atoms with Crippen LogP contribution in [0.5, 0.6) is 0 Å². The Morgan fingerprint density at radius 2 is 1.70 bits per heavy atom. The highest BCUT2D eigenvalue weighted by Gasteiger charge is 2.22. The van der Waals surface area contributed by atoms with Gasteiger partial charge < -0.3 is 16.4 Å². The second-order valence-electron chi connectivity index (χ2n) is 7.25. The Balaban J connectivity index is 1.95. The monoisotopic (exact) mass is 367 g/mol. The molecule has 2 rings (SSSR count). The highest BCUT2D eigenvalue weighted by molar-refractivity contribution is 5.98. The molecule has 0 aliphatic rings. The molecule has 2 aromatic carbocycles. The molecule has 0 saturated heterocycles. The molecule has 0 heterocycles. The molecule has 0 fully saturated rings. The van der Waals surface area contributed by atoms with Gasteiger partial charge in [0.2, 0.25) is 5.91 Å². The Morgan fingerprint density at radius 1 is 1.04 bits per heavy atom. The zero-order valence-corrected chi connectivity index (χ0v) is 16.3. The molecule has 4 N–H and O–H groups in total. The third-order valence-corrected chi connectivity index (χ3v) is 4.41. The molecule has 27 heavy (non-hydrogen) atoms. The largest absolute Gasteiger partial charge is 0.399 e.